The Balaban J connectivity index is 0.00000312. The lowest BCUT2D eigenvalue weighted by molar-refractivity contribution is -0.124. The first-order valence-corrected chi connectivity index (χ1v) is 8.87. The predicted octanol–water partition coefficient (Wildman–Crippen LogP) is 2.90. The summed E-state index contributed by atoms with van der Waals surface area (Å²) in [5, 5.41) is 6.24. The van der Waals surface area contributed by atoms with Crippen LogP contribution in [0.2, 0.25) is 5.02 Å². The van der Waals surface area contributed by atoms with Gasteiger partial charge >= 0.3 is 0 Å². The number of hydrogen-bond acceptors (Lipinski definition) is 3. The van der Waals surface area contributed by atoms with E-state index >= 15 is 0 Å². The summed E-state index contributed by atoms with van der Waals surface area (Å²) in [6.07, 6.45) is 3.61. The SMILES string of the molecule is CC(C)C(NC(=O)c1ccccc1Cl)C(=O)NC1CCC(N)CC1.Cl. The number of nitrogens with two attached hydrogens (primary N) is 1. The van der Waals surface area contributed by atoms with Gasteiger partial charge in [-0.1, -0.05) is 37.6 Å². The number of hydrogen-bond donors (Lipinski definition) is 3. The Hall–Kier alpha value is -1.30. The van der Waals surface area contributed by atoms with Gasteiger partial charge in [0.05, 0.1) is 10.6 Å². The average Bonchev–Trinajstić information content (AvgIpc) is 2.54. The van der Waals surface area contributed by atoms with Crippen molar-refractivity contribution in [2.75, 3.05) is 0 Å². The van der Waals surface area contributed by atoms with Crippen LogP contribution in [0.5, 0.6) is 0 Å². The summed E-state index contributed by atoms with van der Waals surface area (Å²) in [5.74, 6) is -0.506. The topological polar surface area (TPSA) is 84.2 Å². The lowest BCUT2D eigenvalue weighted by Crippen LogP contribution is -2.53. The minimum absolute atomic E-state index is 0. The maximum atomic E-state index is 12.6. The Morgan fingerprint density at radius 3 is 2.32 bits per heavy atom. The number of carbonyl (C=O) groups excluding carboxylic acids is 2. The van der Waals surface area contributed by atoms with E-state index in [1.54, 1.807) is 24.3 Å². The Morgan fingerprint density at radius 1 is 1.16 bits per heavy atom. The normalized spacial score (nSPS) is 21.2. The van der Waals surface area contributed by atoms with Crippen molar-refractivity contribution in [1.29, 1.82) is 0 Å². The Bertz CT molecular complexity index is 587. The summed E-state index contributed by atoms with van der Waals surface area (Å²) in [5.41, 5.74) is 6.27. The molecule has 1 aromatic rings. The molecule has 0 aliphatic heterocycles. The quantitative estimate of drug-likeness (QED) is 0.725. The minimum Gasteiger partial charge on any atom is -0.352 e. The molecule has 1 atom stereocenters. The van der Waals surface area contributed by atoms with Crippen LogP contribution in [-0.4, -0.2) is 29.9 Å². The minimum atomic E-state index is -0.593. The van der Waals surface area contributed by atoms with Gasteiger partial charge in [-0.3, -0.25) is 9.59 Å². The molecule has 2 amide bonds. The Kier molecular flexibility index (Phi) is 8.69. The molecule has 4 N–H and O–H groups in total. The molecular formula is C18H27Cl2N3O2. The van der Waals surface area contributed by atoms with Gasteiger partial charge in [0.1, 0.15) is 6.04 Å². The van der Waals surface area contributed by atoms with Gasteiger partial charge < -0.3 is 16.4 Å². The van der Waals surface area contributed by atoms with Gasteiger partial charge in [0, 0.05) is 12.1 Å². The summed E-state index contributed by atoms with van der Waals surface area (Å²) in [7, 11) is 0. The molecule has 5 nitrogen and oxygen atoms in total. The number of rotatable bonds is 5. The van der Waals surface area contributed by atoms with Crippen LogP contribution >= 0.6 is 24.0 Å². The van der Waals surface area contributed by atoms with Gasteiger partial charge in [0.2, 0.25) is 5.91 Å². The van der Waals surface area contributed by atoms with Crippen molar-refractivity contribution < 1.29 is 9.59 Å². The predicted molar refractivity (Wildman–Crippen MR) is 103 cm³/mol. The zero-order valence-electron chi connectivity index (χ0n) is 14.6. The van der Waals surface area contributed by atoms with Gasteiger partial charge in [0.25, 0.3) is 5.91 Å². The first-order chi connectivity index (χ1) is 11.4. The van der Waals surface area contributed by atoms with Crippen LogP contribution in [0.3, 0.4) is 0 Å². The molecule has 1 aromatic carbocycles. The maximum Gasteiger partial charge on any atom is 0.253 e. The number of amides is 2. The third-order valence-electron chi connectivity index (χ3n) is 4.47. The molecule has 0 radical (unpaired) electrons. The fraction of sp³-hybridized carbons (Fsp3) is 0.556. The van der Waals surface area contributed by atoms with E-state index in [0.717, 1.165) is 25.7 Å². The van der Waals surface area contributed by atoms with Gasteiger partial charge in [-0.05, 0) is 43.7 Å². The molecule has 7 heteroatoms. The number of nitrogens with one attached hydrogen (secondary N) is 2. The van der Waals surface area contributed by atoms with E-state index in [1.807, 2.05) is 13.8 Å². The monoisotopic (exact) mass is 387 g/mol. The van der Waals surface area contributed by atoms with Gasteiger partial charge in [-0.25, -0.2) is 0 Å². The van der Waals surface area contributed by atoms with Crippen molar-refractivity contribution in [3.8, 4) is 0 Å². The molecule has 0 heterocycles. The fourth-order valence-electron chi connectivity index (χ4n) is 2.95. The van der Waals surface area contributed by atoms with Crippen molar-refractivity contribution >= 4 is 35.8 Å². The van der Waals surface area contributed by atoms with Crippen LogP contribution in [-0.2, 0) is 4.79 Å². The molecule has 0 aromatic heterocycles. The Labute approximate surface area is 160 Å². The molecule has 1 unspecified atom stereocenters. The smallest absolute Gasteiger partial charge is 0.253 e. The number of benzene rings is 1. The lowest BCUT2D eigenvalue weighted by atomic mass is 9.91. The fourth-order valence-corrected chi connectivity index (χ4v) is 3.18. The lowest BCUT2D eigenvalue weighted by Gasteiger charge is -2.29. The molecule has 1 aliphatic rings. The van der Waals surface area contributed by atoms with Crippen LogP contribution in [0.4, 0.5) is 0 Å². The highest BCUT2D eigenvalue weighted by atomic mass is 35.5. The van der Waals surface area contributed by atoms with Gasteiger partial charge in [-0.15, -0.1) is 12.4 Å². The summed E-state index contributed by atoms with van der Waals surface area (Å²) < 4.78 is 0. The third-order valence-corrected chi connectivity index (χ3v) is 4.80. The molecule has 0 bridgehead atoms. The van der Waals surface area contributed by atoms with E-state index in [4.69, 9.17) is 17.3 Å². The number of carbonyl (C=O) groups is 2. The van der Waals surface area contributed by atoms with E-state index in [9.17, 15) is 9.59 Å². The van der Waals surface area contributed by atoms with Crippen molar-refractivity contribution in [3.63, 3.8) is 0 Å². The maximum absolute atomic E-state index is 12.6. The van der Waals surface area contributed by atoms with Crippen molar-refractivity contribution in [3.05, 3.63) is 34.9 Å². The van der Waals surface area contributed by atoms with Gasteiger partial charge in [0.15, 0.2) is 0 Å². The van der Waals surface area contributed by atoms with Crippen LogP contribution in [0.25, 0.3) is 0 Å². The summed E-state index contributed by atoms with van der Waals surface area (Å²) in [6.45, 7) is 3.82. The number of halogens is 2. The second-order valence-electron chi connectivity index (χ2n) is 6.80. The molecule has 1 saturated carbocycles. The van der Waals surface area contributed by atoms with E-state index in [0.29, 0.717) is 10.6 Å². The first kappa shape index (κ1) is 21.7. The van der Waals surface area contributed by atoms with Crippen molar-refractivity contribution in [2.24, 2.45) is 11.7 Å². The summed E-state index contributed by atoms with van der Waals surface area (Å²) in [6, 6.07) is 6.59. The highest BCUT2D eigenvalue weighted by Crippen LogP contribution is 2.18. The highest BCUT2D eigenvalue weighted by molar-refractivity contribution is 6.33. The molecule has 1 fully saturated rings. The zero-order valence-corrected chi connectivity index (χ0v) is 16.2. The molecule has 140 valence electrons. The second kappa shape index (κ2) is 10.00. The third kappa shape index (κ3) is 6.17. The largest absolute Gasteiger partial charge is 0.352 e. The van der Waals surface area contributed by atoms with Crippen LogP contribution in [0.1, 0.15) is 49.9 Å². The van der Waals surface area contributed by atoms with E-state index in [-0.39, 0.29) is 42.2 Å². The summed E-state index contributed by atoms with van der Waals surface area (Å²) in [4.78, 5) is 25.0. The van der Waals surface area contributed by atoms with Gasteiger partial charge in [-0.2, -0.15) is 0 Å². The van der Waals surface area contributed by atoms with E-state index in [2.05, 4.69) is 10.6 Å². The Morgan fingerprint density at radius 2 is 1.76 bits per heavy atom. The standard InChI is InChI=1S/C18H26ClN3O2.ClH/c1-11(2)16(18(24)21-13-9-7-12(20)8-10-13)22-17(23)14-5-3-4-6-15(14)19;/h3-6,11-13,16H,7-10,20H2,1-2H3,(H,21,24)(H,22,23);1H. The molecule has 2 rings (SSSR count). The highest BCUT2D eigenvalue weighted by Gasteiger charge is 2.28. The molecule has 25 heavy (non-hydrogen) atoms. The van der Waals surface area contributed by atoms with Crippen molar-refractivity contribution in [2.45, 2.75) is 57.7 Å². The molecular weight excluding hydrogens is 361 g/mol. The van der Waals surface area contributed by atoms with E-state index < -0.39 is 6.04 Å². The van der Waals surface area contributed by atoms with Crippen LogP contribution < -0.4 is 16.4 Å². The van der Waals surface area contributed by atoms with E-state index in [1.165, 1.54) is 0 Å². The van der Waals surface area contributed by atoms with Crippen molar-refractivity contribution in [1.82, 2.24) is 10.6 Å². The molecule has 0 saturated heterocycles. The zero-order chi connectivity index (χ0) is 17.7. The first-order valence-electron chi connectivity index (χ1n) is 8.49. The average molecular weight is 388 g/mol. The second-order valence-corrected chi connectivity index (χ2v) is 7.20. The molecule has 1 aliphatic carbocycles. The van der Waals surface area contributed by atoms with Crippen LogP contribution in [0.15, 0.2) is 24.3 Å². The summed E-state index contributed by atoms with van der Waals surface area (Å²) >= 11 is 6.06. The van der Waals surface area contributed by atoms with Crippen LogP contribution in [0, 0.1) is 5.92 Å². The molecule has 0 spiro atoms.